The first-order valence-corrected chi connectivity index (χ1v) is 8.31. The quantitative estimate of drug-likeness (QED) is 0.458. The molecular weight excluding hydrogens is 353 g/mol. The predicted molar refractivity (Wildman–Crippen MR) is 97.8 cm³/mol. The molecule has 1 aromatic heterocycles. The second-order valence-corrected chi connectivity index (χ2v) is 6.21. The molecule has 0 saturated heterocycles. The molecule has 1 heterocycles. The lowest BCUT2D eigenvalue weighted by molar-refractivity contribution is -0.137. The Balaban J connectivity index is 1.61. The van der Waals surface area contributed by atoms with Crippen LogP contribution in [0.25, 0.3) is 22.2 Å². The molecule has 0 fully saturated rings. The van der Waals surface area contributed by atoms with Gasteiger partial charge in [-0.05, 0) is 60.0 Å². The maximum atomic E-state index is 12.6. The number of hydrogen-bond donors (Lipinski definition) is 1. The van der Waals surface area contributed by atoms with Crippen LogP contribution >= 0.6 is 0 Å². The highest BCUT2D eigenvalue weighted by Crippen LogP contribution is 2.32. The number of nitrogens with one attached hydrogen (secondary N) is 1. The number of aryl methyl sites for hydroxylation is 1. The third-order valence-electron chi connectivity index (χ3n) is 4.31. The Morgan fingerprint density at radius 1 is 0.926 bits per heavy atom. The van der Waals surface area contributed by atoms with E-state index in [0.717, 1.165) is 34.3 Å². The van der Waals surface area contributed by atoms with Gasteiger partial charge in [0.1, 0.15) is 5.75 Å². The van der Waals surface area contributed by atoms with Crippen molar-refractivity contribution >= 4 is 11.0 Å². The average Bonchev–Trinajstić information content (AvgIpc) is 3.03. The summed E-state index contributed by atoms with van der Waals surface area (Å²) in [4.78, 5) is 7.40. The molecule has 0 spiro atoms. The number of nitrogens with zero attached hydrogens (tertiary/aromatic N) is 1. The molecule has 0 aliphatic rings. The molecule has 0 amide bonds. The van der Waals surface area contributed by atoms with Crippen molar-refractivity contribution in [3.05, 3.63) is 77.9 Å². The van der Waals surface area contributed by atoms with Crippen molar-refractivity contribution in [3.8, 4) is 22.9 Å². The third-order valence-corrected chi connectivity index (χ3v) is 4.31. The Labute approximate surface area is 153 Å². The number of fused-ring (bicyclic) bond motifs is 1. The van der Waals surface area contributed by atoms with Crippen LogP contribution in [0.15, 0.2) is 66.7 Å². The molecule has 6 heteroatoms. The van der Waals surface area contributed by atoms with E-state index in [9.17, 15) is 13.2 Å². The van der Waals surface area contributed by atoms with E-state index in [1.807, 2.05) is 49.4 Å². The van der Waals surface area contributed by atoms with E-state index < -0.39 is 11.7 Å². The van der Waals surface area contributed by atoms with Gasteiger partial charge >= 0.3 is 6.18 Å². The van der Waals surface area contributed by atoms with Crippen LogP contribution in [0.4, 0.5) is 13.2 Å². The van der Waals surface area contributed by atoms with E-state index in [2.05, 4.69) is 9.97 Å². The Morgan fingerprint density at radius 2 is 1.67 bits per heavy atom. The van der Waals surface area contributed by atoms with Crippen molar-refractivity contribution in [1.29, 1.82) is 0 Å². The minimum Gasteiger partial charge on any atom is -0.426 e. The second-order valence-electron chi connectivity index (χ2n) is 6.21. The number of aromatic nitrogens is 2. The average molecular weight is 368 g/mol. The lowest BCUT2D eigenvalue weighted by Crippen LogP contribution is -2.04. The van der Waals surface area contributed by atoms with E-state index in [0.29, 0.717) is 5.52 Å². The summed E-state index contributed by atoms with van der Waals surface area (Å²) in [5.74, 6) is 0.279. The standard InChI is InChI=1S/C21H15F3N2O/c1-13-4-2-3-5-17(13)14-6-11-18-19(12-14)26-20(25-18)27-16-9-7-15(8-10-16)21(22,23)24/h2-12H,1H3,(H,25,26). The minimum atomic E-state index is -4.37. The second kappa shape index (κ2) is 6.46. The number of hydrogen-bond acceptors (Lipinski definition) is 2. The zero-order valence-electron chi connectivity index (χ0n) is 14.3. The summed E-state index contributed by atoms with van der Waals surface area (Å²) in [5, 5.41) is 0. The molecule has 0 radical (unpaired) electrons. The first-order chi connectivity index (χ1) is 12.9. The molecule has 0 saturated carbocycles. The van der Waals surface area contributed by atoms with Crippen LogP contribution in [-0.2, 0) is 6.18 Å². The largest absolute Gasteiger partial charge is 0.426 e. The van der Waals surface area contributed by atoms with Gasteiger partial charge in [-0.25, -0.2) is 0 Å². The van der Waals surface area contributed by atoms with Gasteiger partial charge in [-0.1, -0.05) is 30.3 Å². The molecule has 136 valence electrons. The van der Waals surface area contributed by atoms with Crippen molar-refractivity contribution in [3.63, 3.8) is 0 Å². The molecular formula is C21H15F3N2O. The zero-order chi connectivity index (χ0) is 19.0. The van der Waals surface area contributed by atoms with Crippen molar-refractivity contribution in [2.75, 3.05) is 0 Å². The molecule has 3 nitrogen and oxygen atoms in total. The number of H-pyrrole nitrogens is 1. The van der Waals surface area contributed by atoms with Gasteiger partial charge in [0.2, 0.25) is 0 Å². The lowest BCUT2D eigenvalue weighted by Gasteiger charge is -2.07. The van der Waals surface area contributed by atoms with Gasteiger partial charge in [-0.15, -0.1) is 0 Å². The lowest BCUT2D eigenvalue weighted by atomic mass is 10.0. The number of imidazole rings is 1. The summed E-state index contributed by atoms with van der Waals surface area (Å²) in [6.07, 6.45) is -4.37. The Hall–Kier alpha value is -3.28. The number of rotatable bonds is 3. The summed E-state index contributed by atoms with van der Waals surface area (Å²) in [6, 6.07) is 18.6. The number of alkyl halides is 3. The Morgan fingerprint density at radius 3 is 2.37 bits per heavy atom. The van der Waals surface area contributed by atoms with E-state index >= 15 is 0 Å². The van der Waals surface area contributed by atoms with E-state index in [1.165, 1.54) is 12.1 Å². The zero-order valence-corrected chi connectivity index (χ0v) is 14.3. The molecule has 0 atom stereocenters. The summed E-state index contributed by atoms with van der Waals surface area (Å²) in [7, 11) is 0. The molecule has 27 heavy (non-hydrogen) atoms. The van der Waals surface area contributed by atoms with Gasteiger partial charge in [-0.3, -0.25) is 0 Å². The van der Waals surface area contributed by atoms with Crippen LogP contribution in [0.3, 0.4) is 0 Å². The highest BCUT2D eigenvalue weighted by Gasteiger charge is 2.30. The molecule has 3 aromatic carbocycles. The van der Waals surface area contributed by atoms with Gasteiger partial charge in [0.05, 0.1) is 16.6 Å². The van der Waals surface area contributed by atoms with Crippen LogP contribution in [0.5, 0.6) is 11.8 Å². The summed E-state index contributed by atoms with van der Waals surface area (Å²) in [5.41, 5.74) is 4.12. The summed E-state index contributed by atoms with van der Waals surface area (Å²) in [6.45, 7) is 2.05. The molecule has 0 aliphatic carbocycles. The van der Waals surface area contributed by atoms with Crippen molar-refractivity contribution in [2.24, 2.45) is 0 Å². The fraction of sp³-hybridized carbons (Fsp3) is 0.0952. The van der Waals surface area contributed by atoms with Gasteiger partial charge in [0, 0.05) is 0 Å². The van der Waals surface area contributed by atoms with Crippen LogP contribution in [0, 0.1) is 6.92 Å². The molecule has 1 N–H and O–H groups in total. The molecule has 0 aliphatic heterocycles. The smallest absolute Gasteiger partial charge is 0.416 e. The minimum absolute atomic E-state index is 0.228. The fourth-order valence-electron chi connectivity index (χ4n) is 2.92. The van der Waals surface area contributed by atoms with Crippen molar-refractivity contribution in [2.45, 2.75) is 13.1 Å². The number of ether oxygens (including phenoxy) is 1. The summed E-state index contributed by atoms with van der Waals surface area (Å²) < 4.78 is 43.5. The maximum Gasteiger partial charge on any atom is 0.416 e. The molecule has 0 bridgehead atoms. The predicted octanol–water partition coefficient (Wildman–Crippen LogP) is 6.35. The molecule has 4 rings (SSSR count). The highest BCUT2D eigenvalue weighted by molar-refractivity contribution is 5.83. The summed E-state index contributed by atoms with van der Waals surface area (Å²) >= 11 is 0. The number of benzene rings is 3. The monoisotopic (exact) mass is 368 g/mol. The highest BCUT2D eigenvalue weighted by atomic mass is 19.4. The normalized spacial score (nSPS) is 11.7. The van der Waals surface area contributed by atoms with Gasteiger partial charge in [0.15, 0.2) is 0 Å². The third kappa shape index (κ3) is 3.51. The number of aromatic amines is 1. The van der Waals surface area contributed by atoms with Gasteiger partial charge in [0.25, 0.3) is 6.01 Å². The Kier molecular flexibility index (Phi) is 4.11. The van der Waals surface area contributed by atoms with Crippen LogP contribution in [0.1, 0.15) is 11.1 Å². The topological polar surface area (TPSA) is 37.9 Å². The van der Waals surface area contributed by atoms with Gasteiger partial charge in [-0.2, -0.15) is 18.2 Å². The van der Waals surface area contributed by atoms with E-state index in [4.69, 9.17) is 4.74 Å². The Bertz CT molecular complexity index is 1100. The number of halogens is 3. The van der Waals surface area contributed by atoms with Crippen LogP contribution < -0.4 is 4.74 Å². The van der Waals surface area contributed by atoms with E-state index in [-0.39, 0.29) is 11.8 Å². The van der Waals surface area contributed by atoms with E-state index in [1.54, 1.807) is 0 Å². The fourth-order valence-corrected chi connectivity index (χ4v) is 2.92. The first kappa shape index (κ1) is 17.1. The SMILES string of the molecule is Cc1ccccc1-c1ccc2nc(Oc3ccc(C(F)(F)F)cc3)[nH]c2c1. The van der Waals surface area contributed by atoms with Gasteiger partial charge < -0.3 is 9.72 Å². The first-order valence-electron chi connectivity index (χ1n) is 8.31. The maximum absolute atomic E-state index is 12.6. The molecule has 4 aromatic rings. The van der Waals surface area contributed by atoms with Crippen LogP contribution in [0.2, 0.25) is 0 Å². The van der Waals surface area contributed by atoms with Crippen molar-refractivity contribution < 1.29 is 17.9 Å². The van der Waals surface area contributed by atoms with Crippen LogP contribution in [-0.4, -0.2) is 9.97 Å². The molecule has 0 unspecified atom stereocenters. The van der Waals surface area contributed by atoms with Crippen molar-refractivity contribution in [1.82, 2.24) is 9.97 Å².